The van der Waals surface area contributed by atoms with Crippen LogP contribution in [0.2, 0.25) is 0 Å². The van der Waals surface area contributed by atoms with Crippen molar-refractivity contribution < 1.29 is 10.4 Å². The zero-order chi connectivity index (χ0) is 9.84. The van der Waals surface area contributed by atoms with Crippen molar-refractivity contribution in [2.45, 2.75) is 20.3 Å². The number of aromatic hydroxyl groups is 1. The number of benzene rings is 1. The molecule has 0 atom stereocenters. The molecule has 3 N–H and O–H groups in total. The molecule has 0 bridgehead atoms. The minimum atomic E-state index is 0.389. The second-order valence-electron chi connectivity index (χ2n) is 3.32. The molecule has 0 saturated heterocycles. The van der Waals surface area contributed by atoms with Crippen molar-refractivity contribution in [3.63, 3.8) is 0 Å². The second kappa shape index (κ2) is 4.28. The van der Waals surface area contributed by atoms with Gasteiger partial charge in [-0.1, -0.05) is 6.07 Å². The van der Waals surface area contributed by atoms with Crippen LogP contribution in [0, 0.1) is 20.9 Å². The molecular weight excluding hydrogens is 162 g/mol. The third-order valence-corrected chi connectivity index (χ3v) is 2.49. The molecule has 13 heavy (non-hydrogen) atoms. The number of phenols is 1. The lowest BCUT2D eigenvalue weighted by molar-refractivity contribution is -0.594. The van der Waals surface area contributed by atoms with Crippen LogP contribution in [0.4, 0.5) is 0 Å². The van der Waals surface area contributed by atoms with Gasteiger partial charge in [-0.2, -0.15) is 7.05 Å². The van der Waals surface area contributed by atoms with Gasteiger partial charge in [0.25, 0.3) is 0 Å². The fourth-order valence-electron chi connectivity index (χ4n) is 1.39. The van der Waals surface area contributed by atoms with Gasteiger partial charge in [0.05, 0.1) is 6.54 Å². The Hall–Kier alpha value is -1.02. The summed E-state index contributed by atoms with van der Waals surface area (Å²) in [5, 5.41) is 11.3. The number of quaternary nitrogens is 1. The number of hydrogen-bond acceptors (Lipinski definition) is 1. The highest BCUT2D eigenvalue weighted by molar-refractivity contribution is 5.42. The van der Waals surface area contributed by atoms with E-state index in [1.165, 1.54) is 11.1 Å². The Morgan fingerprint density at radius 1 is 1.31 bits per heavy atom. The first-order valence-electron chi connectivity index (χ1n) is 4.55. The lowest BCUT2D eigenvalue weighted by Gasteiger charge is -2.09. The summed E-state index contributed by atoms with van der Waals surface area (Å²) in [6.45, 7) is 4.99. The van der Waals surface area contributed by atoms with Crippen LogP contribution in [0.1, 0.15) is 16.7 Å². The van der Waals surface area contributed by atoms with Crippen LogP contribution in [0.5, 0.6) is 5.75 Å². The summed E-state index contributed by atoms with van der Waals surface area (Å²) in [6.07, 6.45) is 1.01. The summed E-state index contributed by atoms with van der Waals surface area (Å²) in [5.41, 5.74) is 3.48. The van der Waals surface area contributed by atoms with Gasteiger partial charge in [0.2, 0.25) is 0 Å². The molecular formula is C11H17NO. The molecule has 0 heterocycles. The maximum Gasteiger partial charge on any atom is 0.118 e. The molecule has 0 radical (unpaired) electrons. The molecule has 1 rings (SSSR count). The number of hydrogen-bond donors (Lipinski definition) is 2. The Labute approximate surface area is 79.6 Å². The van der Waals surface area contributed by atoms with Gasteiger partial charge in [-0.3, -0.25) is 0 Å². The standard InChI is InChI=1S/C11H17NO/c1-8-9(2)11(13)5-4-10(8)6-7-12-3/h4-5,13H,3,6-7,12H2,1-2H3. The maximum absolute atomic E-state index is 9.43. The third-order valence-electron chi connectivity index (χ3n) is 2.49. The smallest absolute Gasteiger partial charge is 0.118 e. The van der Waals surface area contributed by atoms with Gasteiger partial charge in [-0.25, -0.2) is 0 Å². The molecule has 0 aliphatic heterocycles. The van der Waals surface area contributed by atoms with Crippen molar-refractivity contribution in [2.24, 2.45) is 0 Å². The van der Waals surface area contributed by atoms with E-state index in [9.17, 15) is 5.11 Å². The van der Waals surface area contributed by atoms with Crippen molar-refractivity contribution in [3.8, 4) is 5.75 Å². The molecule has 0 saturated carbocycles. The highest BCUT2D eigenvalue weighted by Crippen LogP contribution is 2.22. The van der Waals surface area contributed by atoms with E-state index in [1.807, 2.05) is 25.2 Å². The van der Waals surface area contributed by atoms with Crippen molar-refractivity contribution in [1.82, 2.24) is 0 Å². The van der Waals surface area contributed by atoms with Crippen LogP contribution in [0.15, 0.2) is 12.1 Å². The first-order chi connectivity index (χ1) is 6.16. The Morgan fingerprint density at radius 3 is 2.62 bits per heavy atom. The summed E-state index contributed by atoms with van der Waals surface area (Å²) in [7, 11) is 3.70. The van der Waals surface area contributed by atoms with Gasteiger partial charge in [0.15, 0.2) is 0 Å². The van der Waals surface area contributed by atoms with Crippen LogP contribution in [-0.2, 0) is 6.42 Å². The summed E-state index contributed by atoms with van der Waals surface area (Å²) in [6, 6.07) is 3.75. The first kappa shape index (κ1) is 10.1. The van der Waals surface area contributed by atoms with Crippen LogP contribution in [0.3, 0.4) is 0 Å². The summed E-state index contributed by atoms with van der Waals surface area (Å²) in [5.74, 6) is 0.389. The normalized spacial score (nSPS) is 10.4. The number of nitrogens with two attached hydrogens (primary N) is 1. The molecule has 1 aromatic carbocycles. The molecule has 0 amide bonds. The van der Waals surface area contributed by atoms with Crippen molar-refractivity contribution >= 4 is 0 Å². The van der Waals surface area contributed by atoms with E-state index in [0.29, 0.717) is 5.75 Å². The van der Waals surface area contributed by atoms with Crippen LogP contribution in [-0.4, -0.2) is 11.7 Å². The molecule has 1 aromatic rings. The van der Waals surface area contributed by atoms with Gasteiger partial charge in [0.1, 0.15) is 5.75 Å². The molecule has 0 aliphatic rings. The first-order valence-corrected chi connectivity index (χ1v) is 4.55. The quantitative estimate of drug-likeness (QED) is 0.665. The highest BCUT2D eigenvalue weighted by atomic mass is 16.3. The van der Waals surface area contributed by atoms with E-state index in [-0.39, 0.29) is 0 Å². The minimum Gasteiger partial charge on any atom is -0.508 e. The van der Waals surface area contributed by atoms with E-state index in [4.69, 9.17) is 0 Å². The third kappa shape index (κ3) is 2.22. The van der Waals surface area contributed by atoms with Gasteiger partial charge >= 0.3 is 0 Å². The van der Waals surface area contributed by atoms with Crippen molar-refractivity contribution in [1.29, 1.82) is 0 Å². The summed E-state index contributed by atoms with van der Waals surface area (Å²) in [4.78, 5) is 0. The van der Waals surface area contributed by atoms with Gasteiger partial charge < -0.3 is 10.4 Å². The predicted octanol–water partition coefficient (Wildman–Crippen LogP) is 0.907. The number of rotatable bonds is 3. The largest absolute Gasteiger partial charge is 0.508 e. The highest BCUT2D eigenvalue weighted by Gasteiger charge is 2.04. The molecule has 2 nitrogen and oxygen atoms in total. The summed E-state index contributed by atoms with van der Waals surface area (Å²) < 4.78 is 0. The monoisotopic (exact) mass is 179 g/mol. The van der Waals surface area contributed by atoms with E-state index >= 15 is 0 Å². The fourth-order valence-corrected chi connectivity index (χ4v) is 1.39. The summed E-state index contributed by atoms with van der Waals surface area (Å²) >= 11 is 0. The van der Waals surface area contributed by atoms with Crippen molar-refractivity contribution in [3.05, 3.63) is 35.9 Å². The average molecular weight is 179 g/mol. The molecule has 0 aliphatic carbocycles. The van der Waals surface area contributed by atoms with Crippen LogP contribution >= 0.6 is 0 Å². The Bertz CT molecular complexity index is 294. The second-order valence-corrected chi connectivity index (χ2v) is 3.32. The molecule has 0 spiro atoms. The van der Waals surface area contributed by atoms with Gasteiger partial charge in [-0.15, -0.1) is 0 Å². The zero-order valence-corrected chi connectivity index (χ0v) is 8.30. The minimum absolute atomic E-state index is 0.389. The van der Waals surface area contributed by atoms with E-state index in [1.54, 1.807) is 6.07 Å². The molecule has 0 aromatic heterocycles. The van der Waals surface area contributed by atoms with E-state index < -0.39 is 0 Å². The lowest BCUT2D eigenvalue weighted by Crippen LogP contribution is -2.77. The molecule has 0 unspecified atom stereocenters. The molecule has 2 heteroatoms. The van der Waals surface area contributed by atoms with Crippen molar-refractivity contribution in [2.75, 3.05) is 6.54 Å². The van der Waals surface area contributed by atoms with Crippen LogP contribution < -0.4 is 5.32 Å². The van der Waals surface area contributed by atoms with E-state index in [2.05, 4.69) is 7.05 Å². The Kier molecular flexibility index (Phi) is 3.32. The SMILES string of the molecule is [CH2-][NH2+]CCc1ccc(O)c(C)c1C. The van der Waals surface area contributed by atoms with Gasteiger partial charge in [-0.05, 0) is 36.6 Å². The predicted molar refractivity (Wildman–Crippen MR) is 53.4 cm³/mol. The average Bonchev–Trinajstić information content (AvgIpc) is 2.13. The fraction of sp³-hybridized carbons (Fsp3) is 0.364. The molecule has 0 fully saturated rings. The topological polar surface area (TPSA) is 36.8 Å². The Balaban J connectivity index is 2.90. The number of phenolic OH excluding ortho intramolecular Hbond substituents is 1. The van der Waals surface area contributed by atoms with E-state index in [0.717, 1.165) is 18.5 Å². The molecule has 72 valence electrons. The maximum atomic E-state index is 9.43. The van der Waals surface area contributed by atoms with Crippen LogP contribution in [0.25, 0.3) is 0 Å². The lowest BCUT2D eigenvalue weighted by atomic mass is 10.0. The Morgan fingerprint density at radius 2 is 2.00 bits per heavy atom. The zero-order valence-electron chi connectivity index (χ0n) is 8.30. The van der Waals surface area contributed by atoms with Gasteiger partial charge in [0, 0.05) is 6.42 Å².